The Morgan fingerprint density at radius 2 is 2.58 bits per heavy atom. The van der Waals surface area contributed by atoms with Crippen LogP contribution in [-0.4, -0.2) is 29.3 Å². The van der Waals surface area contributed by atoms with Gasteiger partial charge in [-0.05, 0) is 6.42 Å². The van der Waals surface area contributed by atoms with Crippen LogP contribution in [0.15, 0.2) is 0 Å². The van der Waals surface area contributed by atoms with E-state index >= 15 is 0 Å². The van der Waals surface area contributed by atoms with Gasteiger partial charge in [-0.3, -0.25) is 0 Å². The van der Waals surface area contributed by atoms with Gasteiger partial charge in [0.25, 0.3) is 0 Å². The summed E-state index contributed by atoms with van der Waals surface area (Å²) in [5.74, 6) is 2.44. The zero-order valence-electron chi connectivity index (χ0n) is 7.18. The molecule has 2 unspecified atom stereocenters. The molecular formula is C9H13IO2. The van der Waals surface area contributed by atoms with Crippen molar-refractivity contribution in [2.75, 3.05) is 19.8 Å². The molecule has 1 fully saturated rings. The second-order valence-electron chi connectivity index (χ2n) is 2.91. The van der Waals surface area contributed by atoms with E-state index in [2.05, 4.69) is 35.4 Å². The lowest BCUT2D eigenvalue weighted by atomic mass is 9.96. The van der Waals surface area contributed by atoms with Crippen LogP contribution < -0.4 is 0 Å². The zero-order chi connectivity index (χ0) is 9.03. The Labute approximate surface area is 87.1 Å². The van der Waals surface area contributed by atoms with Gasteiger partial charge in [0.05, 0.1) is 22.7 Å². The molecule has 1 heterocycles. The zero-order valence-corrected chi connectivity index (χ0v) is 9.34. The number of rotatable bonds is 4. The van der Waals surface area contributed by atoms with Crippen molar-refractivity contribution in [3.63, 3.8) is 0 Å². The Kier molecular flexibility index (Phi) is 3.81. The molecule has 0 saturated carbocycles. The monoisotopic (exact) mass is 280 g/mol. The predicted molar refractivity (Wildman–Crippen MR) is 56.4 cm³/mol. The van der Waals surface area contributed by atoms with E-state index in [-0.39, 0.29) is 9.53 Å². The summed E-state index contributed by atoms with van der Waals surface area (Å²) < 4.78 is 10.9. The fourth-order valence-electron chi connectivity index (χ4n) is 1.13. The first-order valence-corrected chi connectivity index (χ1v) is 5.12. The van der Waals surface area contributed by atoms with Gasteiger partial charge < -0.3 is 9.47 Å². The van der Waals surface area contributed by atoms with E-state index in [0.29, 0.717) is 13.2 Å². The van der Waals surface area contributed by atoms with Gasteiger partial charge in [0, 0.05) is 0 Å². The summed E-state index contributed by atoms with van der Waals surface area (Å²) in [5, 5.41) is 0. The summed E-state index contributed by atoms with van der Waals surface area (Å²) in [4.78, 5) is 0. The maximum Gasteiger partial charge on any atom is 0.107 e. The SMILES string of the molecule is C#CCOCC1OCC1(I)CC. The van der Waals surface area contributed by atoms with Crippen molar-refractivity contribution in [2.45, 2.75) is 22.9 Å². The minimum Gasteiger partial charge on any atom is -0.373 e. The summed E-state index contributed by atoms with van der Waals surface area (Å²) in [6.07, 6.45) is 6.41. The molecule has 68 valence electrons. The van der Waals surface area contributed by atoms with E-state index in [1.54, 1.807) is 0 Å². The molecule has 0 aromatic heterocycles. The van der Waals surface area contributed by atoms with Crippen LogP contribution in [0.3, 0.4) is 0 Å². The van der Waals surface area contributed by atoms with E-state index in [1.165, 1.54) is 0 Å². The second kappa shape index (κ2) is 4.45. The number of ether oxygens (including phenoxy) is 2. The number of terminal acetylenes is 1. The standard InChI is InChI=1S/C9H13IO2/c1-3-5-11-6-8-9(10,4-2)7-12-8/h1,8H,4-7H2,2H3. The van der Waals surface area contributed by atoms with Gasteiger partial charge in [-0.15, -0.1) is 6.42 Å². The highest BCUT2D eigenvalue weighted by molar-refractivity contribution is 14.1. The van der Waals surface area contributed by atoms with Crippen LogP contribution >= 0.6 is 22.6 Å². The van der Waals surface area contributed by atoms with Crippen molar-refractivity contribution in [2.24, 2.45) is 0 Å². The quantitative estimate of drug-likeness (QED) is 0.337. The molecule has 0 bridgehead atoms. The Morgan fingerprint density at radius 3 is 3.00 bits per heavy atom. The van der Waals surface area contributed by atoms with Crippen molar-refractivity contribution in [3.05, 3.63) is 0 Å². The van der Waals surface area contributed by atoms with Gasteiger partial charge in [-0.1, -0.05) is 35.4 Å². The molecule has 1 aliphatic rings. The van der Waals surface area contributed by atoms with Gasteiger partial charge in [-0.2, -0.15) is 0 Å². The van der Waals surface area contributed by atoms with E-state index in [0.717, 1.165) is 13.0 Å². The van der Waals surface area contributed by atoms with Crippen molar-refractivity contribution in [1.29, 1.82) is 0 Å². The second-order valence-corrected chi connectivity index (χ2v) is 5.06. The van der Waals surface area contributed by atoms with Crippen LogP contribution in [0.2, 0.25) is 0 Å². The highest BCUT2D eigenvalue weighted by Crippen LogP contribution is 2.38. The Hall–Kier alpha value is 0.210. The number of hydrogen-bond donors (Lipinski definition) is 0. The number of halogens is 1. The van der Waals surface area contributed by atoms with Crippen molar-refractivity contribution >= 4 is 22.6 Å². The lowest BCUT2D eigenvalue weighted by molar-refractivity contribution is -0.117. The van der Waals surface area contributed by atoms with Crippen LogP contribution in [0.1, 0.15) is 13.3 Å². The third-order valence-electron chi connectivity index (χ3n) is 2.14. The van der Waals surface area contributed by atoms with Crippen LogP contribution in [-0.2, 0) is 9.47 Å². The smallest absolute Gasteiger partial charge is 0.107 e. The topological polar surface area (TPSA) is 18.5 Å². The molecule has 0 spiro atoms. The molecule has 1 saturated heterocycles. The highest BCUT2D eigenvalue weighted by Gasteiger charge is 2.44. The summed E-state index contributed by atoms with van der Waals surface area (Å²) in [7, 11) is 0. The molecule has 0 aliphatic carbocycles. The molecular weight excluding hydrogens is 267 g/mol. The first kappa shape index (κ1) is 10.3. The molecule has 0 aromatic rings. The van der Waals surface area contributed by atoms with E-state index in [1.807, 2.05) is 0 Å². The predicted octanol–water partition coefficient (Wildman–Crippen LogP) is 1.62. The molecule has 0 aromatic carbocycles. The molecule has 1 aliphatic heterocycles. The summed E-state index contributed by atoms with van der Waals surface area (Å²) >= 11 is 2.45. The van der Waals surface area contributed by atoms with Gasteiger partial charge in [0.15, 0.2) is 0 Å². The Bertz CT molecular complexity index is 183. The van der Waals surface area contributed by atoms with E-state index < -0.39 is 0 Å². The van der Waals surface area contributed by atoms with Crippen LogP contribution in [0.25, 0.3) is 0 Å². The number of alkyl halides is 1. The van der Waals surface area contributed by atoms with Crippen molar-refractivity contribution in [1.82, 2.24) is 0 Å². The van der Waals surface area contributed by atoms with Crippen LogP contribution in [0.4, 0.5) is 0 Å². The number of hydrogen-bond acceptors (Lipinski definition) is 2. The molecule has 12 heavy (non-hydrogen) atoms. The molecule has 0 N–H and O–H groups in total. The Morgan fingerprint density at radius 1 is 1.83 bits per heavy atom. The normalized spacial score (nSPS) is 33.9. The molecule has 2 atom stereocenters. The van der Waals surface area contributed by atoms with Gasteiger partial charge in [-0.25, -0.2) is 0 Å². The fourth-order valence-corrected chi connectivity index (χ4v) is 1.67. The third-order valence-corrected chi connectivity index (χ3v) is 3.91. The van der Waals surface area contributed by atoms with Crippen LogP contribution in [0, 0.1) is 12.3 Å². The first-order chi connectivity index (χ1) is 5.73. The maximum absolute atomic E-state index is 5.38. The highest BCUT2D eigenvalue weighted by atomic mass is 127. The van der Waals surface area contributed by atoms with Gasteiger partial charge in [0.2, 0.25) is 0 Å². The molecule has 0 radical (unpaired) electrons. The van der Waals surface area contributed by atoms with Crippen LogP contribution in [0.5, 0.6) is 0 Å². The fraction of sp³-hybridized carbons (Fsp3) is 0.778. The van der Waals surface area contributed by atoms with Crippen molar-refractivity contribution in [3.8, 4) is 12.3 Å². The first-order valence-electron chi connectivity index (χ1n) is 4.04. The lowest BCUT2D eigenvalue weighted by Crippen LogP contribution is -2.55. The van der Waals surface area contributed by atoms with Gasteiger partial charge in [0.1, 0.15) is 6.61 Å². The average Bonchev–Trinajstić information content (AvgIpc) is 2.09. The van der Waals surface area contributed by atoms with E-state index in [9.17, 15) is 0 Å². The largest absolute Gasteiger partial charge is 0.373 e. The maximum atomic E-state index is 5.38. The Balaban J connectivity index is 2.22. The average molecular weight is 280 g/mol. The van der Waals surface area contributed by atoms with Gasteiger partial charge >= 0.3 is 0 Å². The summed E-state index contributed by atoms with van der Waals surface area (Å²) in [6.45, 7) is 4.02. The minimum atomic E-state index is 0.233. The molecule has 1 rings (SSSR count). The minimum absolute atomic E-state index is 0.233. The molecule has 3 heteroatoms. The molecule has 2 nitrogen and oxygen atoms in total. The summed E-state index contributed by atoms with van der Waals surface area (Å²) in [6, 6.07) is 0. The third kappa shape index (κ3) is 2.12. The summed E-state index contributed by atoms with van der Waals surface area (Å²) in [5.41, 5.74) is 0. The van der Waals surface area contributed by atoms with E-state index in [4.69, 9.17) is 15.9 Å². The molecule has 0 amide bonds. The lowest BCUT2D eigenvalue weighted by Gasteiger charge is -2.44. The van der Waals surface area contributed by atoms with Crippen molar-refractivity contribution < 1.29 is 9.47 Å².